The topological polar surface area (TPSA) is 81.7 Å². The predicted octanol–water partition coefficient (Wildman–Crippen LogP) is 2.66. The molecule has 1 amide bonds. The molecule has 8 heteroatoms. The molecule has 0 spiro atoms. The summed E-state index contributed by atoms with van der Waals surface area (Å²) in [6.07, 6.45) is 1.68. The van der Waals surface area contributed by atoms with E-state index in [2.05, 4.69) is 5.32 Å². The Morgan fingerprint density at radius 3 is 2.36 bits per heavy atom. The summed E-state index contributed by atoms with van der Waals surface area (Å²) < 4.78 is 10.0. The van der Waals surface area contributed by atoms with Gasteiger partial charge in [-0.3, -0.25) is 14.4 Å². The van der Waals surface area contributed by atoms with E-state index >= 15 is 0 Å². The Morgan fingerprint density at radius 2 is 1.82 bits per heavy atom. The number of amides is 1. The van der Waals surface area contributed by atoms with Crippen molar-refractivity contribution in [2.45, 2.75) is 13.8 Å². The van der Waals surface area contributed by atoms with Crippen LogP contribution in [-0.4, -0.2) is 22.2 Å². The lowest BCUT2D eigenvalue weighted by Gasteiger charge is -2.09. The molecule has 1 saturated heterocycles. The van der Waals surface area contributed by atoms with Crippen LogP contribution in [0.2, 0.25) is 0 Å². The summed E-state index contributed by atoms with van der Waals surface area (Å²) in [7, 11) is 0. The molecule has 2 rings (SSSR count). The van der Waals surface area contributed by atoms with Crippen molar-refractivity contribution in [3.05, 3.63) is 28.7 Å². The minimum atomic E-state index is -0.541. The Labute approximate surface area is 135 Å². The molecule has 0 radical (unpaired) electrons. The van der Waals surface area contributed by atoms with Crippen LogP contribution in [0.1, 0.15) is 19.4 Å². The third kappa shape index (κ3) is 4.15. The maximum Gasteiger partial charge on any atom is 0.308 e. The van der Waals surface area contributed by atoms with Gasteiger partial charge in [-0.2, -0.15) is 0 Å². The van der Waals surface area contributed by atoms with Crippen LogP contribution in [0.3, 0.4) is 0 Å². The van der Waals surface area contributed by atoms with E-state index in [9.17, 15) is 14.4 Å². The fourth-order valence-electron chi connectivity index (χ4n) is 1.66. The molecular weight excluding hydrogens is 326 g/mol. The van der Waals surface area contributed by atoms with Crippen molar-refractivity contribution in [2.24, 2.45) is 0 Å². The number of thiocarbonyl (C=S) groups is 1. The monoisotopic (exact) mass is 337 g/mol. The molecule has 0 bridgehead atoms. The smallest absolute Gasteiger partial charge is 0.308 e. The van der Waals surface area contributed by atoms with Crippen LogP contribution in [-0.2, 0) is 9.59 Å². The summed E-state index contributed by atoms with van der Waals surface area (Å²) in [5.41, 5.74) is 0.647. The fraction of sp³-hybridized carbons (Fsp3) is 0.143. The van der Waals surface area contributed by atoms with E-state index in [0.717, 1.165) is 11.8 Å². The number of carbonyl (C=O) groups is 3. The van der Waals surface area contributed by atoms with Gasteiger partial charge < -0.3 is 14.8 Å². The van der Waals surface area contributed by atoms with Crippen molar-refractivity contribution in [1.29, 1.82) is 0 Å². The molecule has 1 fully saturated rings. The highest BCUT2D eigenvalue weighted by molar-refractivity contribution is 8.19. The standard InChI is InChI=1S/C14H11NO5S2/c1-7(16)19-10-4-3-9(5-11(10)20-8(2)17)6-12-13(21)15-14(18)22-12/h3-6H,1-2H3,(H,15,18,21). The largest absolute Gasteiger partial charge is 0.423 e. The lowest BCUT2D eigenvalue weighted by atomic mass is 10.2. The van der Waals surface area contributed by atoms with Gasteiger partial charge in [0.15, 0.2) is 11.5 Å². The normalized spacial score (nSPS) is 15.6. The first-order valence-electron chi connectivity index (χ1n) is 6.11. The van der Waals surface area contributed by atoms with Crippen LogP contribution >= 0.6 is 24.0 Å². The van der Waals surface area contributed by atoms with E-state index in [1.54, 1.807) is 12.1 Å². The van der Waals surface area contributed by atoms with Gasteiger partial charge in [-0.25, -0.2) is 0 Å². The van der Waals surface area contributed by atoms with Crippen molar-refractivity contribution in [3.63, 3.8) is 0 Å². The van der Waals surface area contributed by atoms with Crippen LogP contribution in [0.25, 0.3) is 6.08 Å². The third-order valence-electron chi connectivity index (χ3n) is 2.41. The van der Waals surface area contributed by atoms with Gasteiger partial charge in [-0.1, -0.05) is 18.3 Å². The Balaban J connectivity index is 2.35. The minimum Gasteiger partial charge on any atom is -0.423 e. The van der Waals surface area contributed by atoms with Crippen molar-refractivity contribution < 1.29 is 23.9 Å². The number of hydrogen-bond donors (Lipinski definition) is 1. The van der Waals surface area contributed by atoms with Crippen LogP contribution in [0, 0.1) is 0 Å². The number of nitrogens with one attached hydrogen (secondary N) is 1. The van der Waals surface area contributed by atoms with Gasteiger partial charge in [-0.05, 0) is 35.5 Å². The number of carbonyl (C=O) groups excluding carboxylic acids is 3. The summed E-state index contributed by atoms with van der Waals surface area (Å²) in [6, 6.07) is 4.69. The maximum atomic E-state index is 11.2. The van der Waals surface area contributed by atoms with Crippen LogP contribution in [0.15, 0.2) is 23.1 Å². The van der Waals surface area contributed by atoms with Gasteiger partial charge >= 0.3 is 11.9 Å². The fourth-order valence-corrected chi connectivity index (χ4v) is 2.69. The summed E-state index contributed by atoms with van der Waals surface area (Å²) in [5.74, 6) is -0.811. The van der Waals surface area contributed by atoms with Gasteiger partial charge in [0.2, 0.25) is 0 Å². The first-order valence-corrected chi connectivity index (χ1v) is 7.33. The van der Waals surface area contributed by atoms with Crippen molar-refractivity contribution in [2.75, 3.05) is 0 Å². The average molecular weight is 337 g/mol. The second-order valence-electron chi connectivity index (χ2n) is 4.25. The molecule has 0 saturated carbocycles. The van der Waals surface area contributed by atoms with Gasteiger partial charge in [0.1, 0.15) is 4.99 Å². The molecule has 0 unspecified atom stereocenters. The highest BCUT2D eigenvalue weighted by atomic mass is 32.2. The molecule has 1 heterocycles. The van der Waals surface area contributed by atoms with Crippen molar-refractivity contribution >= 4 is 52.2 Å². The lowest BCUT2D eigenvalue weighted by molar-refractivity contribution is -0.134. The van der Waals surface area contributed by atoms with E-state index in [1.807, 2.05) is 0 Å². The molecule has 22 heavy (non-hydrogen) atoms. The van der Waals surface area contributed by atoms with E-state index in [0.29, 0.717) is 15.5 Å². The zero-order chi connectivity index (χ0) is 16.3. The first-order chi connectivity index (χ1) is 10.3. The molecule has 0 atom stereocenters. The minimum absolute atomic E-state index is 0.116. The summed E-state index contributed by atoms with van der Waals surface area (Å²) in [4.78, 5) is 34.4. The maximum absolute atomic E-state index is 11.2. The highest BCUT2D eigenvalue weighted by Crippen LogP contribution is 2.32. The van der Waals surface area contributed by atoms with Crippen LogP contribution in [0.5, 0.6) is 11.5 Å². The number of benzene rings is 1. The Hall–Kier alpha value is -2.19. The molecule has 1 aromatic carbocycles. The van der Waals surface area contributed by atoms with E-state index < -0.39 is 11.9 Å². The number of hydrogen-bond acceptors (Lipinski definition) is 7. The third-order valence-corrected chi connectivity index (χ3v) is 3.70. The number of ether oxygens (including phenoxy) is 2. The summed E-state index contributed by atoms with van der Waals surface area (Å²) in [6.45, 7) is 2.49. The molecule has 1 N–H and O–H groups in total. The first kappa shape index (κ1) is 16.2. The Bertz CT molecular complexity index is 711. The number of rotatable bonds is 3. The zero-order valence-electron chi connectivity index (χ0n) is 11.7. The van der Waals surface area contributed by atoms with Gasteiger partial charge in [0.05, 0.1) is 4.91 Å². The van der Waals surface area contributed by atoms with Gasteiger partial charge in [0.25, 0.3) is 5.24 Å². The van der Waals surface area contributed by atoms with Crippen LogP contribution < -0.4 is 14.8 Å². The molecule has 0 aromatic heterocycles. The molecule has 6 nitrogen and oxygen atoms in total. The van der Waals surface area contributed by atoms with E-state index in [4.69, 9.17) is 21.7 Å². The lowest BCUT2D eigenvalue weighted by Crippen LogP contribution is -2.15. The molecule has 0 aliphatic carbocycles. The highest BCUT2D eigenvalue weighted by Gasteiger charge is 2.21. The van der Waals surface area contributed by atoms with Crippen LogP contribution in [0.4, 0.5) is 4.79 Å². The molecule has 1 aliphatic rings. The molecule has 1 aromatic rings. The number of esters is 2. The average Bonchev–Trinajstić information content (AvgIpc) is 2.70. The van der Waals surface area contributed by atoms with E-state index in [-0.39, 0.29) is 16.7 Å². The summed E-state index contributed by atoms with van der Waals surface area (Å²) >= 11 is 6.01. The summed E-state index contributed by atoms with van der Waals surface area (Å²) in [5, 5.41) is 2.26. The van der Waals surface area contributed by atoms with Crippen molar-refractivity contribution in [3.8, 4) is 11.5 Å². The van der Waals surface area contributed by atoms with Gasteiger partial charge in [0, 0.05) is 13.8 Å². The second kappa shape index (κ2) is 6.71. The SMILES string of the molecule is CC(=O)Oc1ccc(C=C2SC(=O)NC2=S)cc1OC(C)=O. The van der Waals surface area contributed by atoms with Crippen molar-refractivity contribution in [1.82, 2.24) is 5.32 Å². The molecular formula is C14H11NO5S2. The van der Waals surface area contributed by atoms with Gasteiger partial charge in [-0.15, -0.1) is 0 Å². The number of thioether (sulfide) groups is 1. The Morgan fingerprint density at radius 1 is 1.18 bits per heavy atom. The molecule has 114 valence electrons. The predicted molar refractivity (Wildman–Crippen MR) is 85.8 cm³/mol. The zero-order valence-corrected chi connectivity index (χ0v) is 13.3. The Kier molecular flexibility index (Phi) is 4.94. The van der Waals surface area contributed by atoms with E-state index in [1.165, 1.54) is 26.0 Å². The molecule has 1 aliphatic heterocycles. The quantitative estimate of drug-likeness (QED) is 0.393. The second-order valence-corrected chi connectivity index (χ2v) is 5.67.